The highest BCUT2D eigenvalue weighted by Crippen LogP contribution is 2.54. The second-order valence-electron chi connectivity index (χ2n) is 22.4. The molecule has 396 valence electrons. The first-order chi connectivity index (χ1) is 42.3. The summed E-state index contributed by atoms with van der Waals surface area (Å²) >= 11 is 0. The maximum Gasteiger partial charge on any atom is 0.252 e. The molecule has 0 bridgehead atoms. The van der Waals surface area contributed by atoms with E-state index in [1.165, 1.54) is 60.1 Å². The van der Waals surface area contributed by atoms with E-state index in [0.29, 0.717) is 0 Å². The van der Waals surface area contributed by atoms with Crippen LogP contribution in [0.15, 0.2) is 309 Å². The summed E-state index contributed by atoms with van der Waals surface area (Å²) in [5, 5.41) is 7.20. The summed E-state index contributed by atoms with van der Waals surface area (Å²) in [5.74, 6) is 0. The summed E-state index contributed by atoms with van der Waals surface area (Å²) in [6.45, 7) is -0.187. The van der Waals surface area contributed by atoms with Gasteiger partial charge in [0.25, 0.3) is 6.71 Å². The smallest absolute Gasteiger partial charge is 0.252 e. The molecule has 0 aliphatic carbocycles. The normalized spacial score (nSPS) is 12.6. The van der Waals surface area contributed by atoms with Crippen LogP contribution in [0.1, 0.15) is 0 Å². The monoisotopic (exact) mass is 1080 g/mol. The van der Waals surface area contributed by atoms with Crippen LogP contribution >= 0.6 is 0 Å². The molecular formula is C78H51BN6. The van der Waals surface area contributed by atoms with Crippen molar-refractivity contribution in [1.82, 2.24) is 13.7 Å². The molecule has 5 heterocycles. The molecule has 0 amide bonds. The van der Waals surface area contributed by atoms with Gasteiger partial charge in [0, 0.05) is 77.8 Å². The zero-order valence-corrected chi connectivity index (χ0v) is 46.2. The van der Waals surface area contributed by atoms with Gasteiger partial charge in [0.05, 0.1) is 55.8 Å². The highest BCUT2D eigenvalue weighted by molar-refractivity contribution is 7.01. The van der Waals surface area contributed by atoms with Gasteiger partial charge in [-0.1, -0.05) is 182 Å². The number of benzene rings is 13. The predicted octanol–water partition coefficient (Wildman–Crippen LogP) is 18.5. The minimum atomic E-state index is -0.187. The summed E-state index contributed by atoms with van der Waals surface area (Å²) in [4.78, 5) is 7.74. The Morgan fingerprint density at radius 1 is 0.259 bits per heavy atom. The number of aromatic nitrogens is 3. The Kier molecular flexibility index (Phi) is 10.4. The van der Waals surface area contributed by atoms with Gasteiger partial charge < -0.3 is 28.4 Å². The first kappa shape index (κ1) is 47.4. The Morgan fingerprint density at radius 3 is 1.02 bits per heavy atom. The fourth-order valence-corrected chi connectivity index (χ4v) is 14.6. The number of anilines is 9. The maximum atomic E-state index is 2.61. The Bertz CT molecular complexity index is 5080. The van der Waals surface area contributed by atoms with Crippen molar-refractivity contribution in [3.05, 3.63) is 309 Å². The molecule has 3 aromatic heterocycles. The van der Waals surface area contributed by atoms with Crippen molar-refractivity contribution in [3.63, 3.8) is 0 Å². The average Bonchev–Trinajstić information content (AvgIpc) is 1.74. The van der Waals surface area contributed by atoms with E-state index < -0.39 is 0 Å². The van der Waals surface area contributed by atoms with E-state index in [-0.39, 0.29) is 6.71 Å². The van der Waals surface area contributed by atoms with E-state index in [2.05, 4.69) is 338 Å². The zero-order chi connectivity index (χ0) is 55.7. The number of rotatable bonds is 8. The summed E-state index contributed by atoms with van der Waals surface area (Å²) in [7, 11) is 0. The van der Waals surface area contributed by atoms with Crippen LogP contribution in [0.25, 0.3) is 82.5 Å². The lowest BCUT2D eigenvalue weighted by atomic mass is 9.33. The van der Waals surface area contributed by atoms with E-state index >= 15 is 0 Å². The van der Waals surface area contributed by atoms with Gasteiger partial charge in [-0.2, -0.15) is 0 Å². The molecule has 0 spiro atoms. The minimum Gasteiger partial charge on any atom is -0.311 e. The topological polar surface area (TPSA) is 24.5 Å². The lowest BCUT2D eigenvalue weighted by molar-refractivity contribution is 1.18. The van der Waals surface area contributed by atoms with Crippen molar-refractivity contribution in [3.8, 4) is 17.1 Å². The first-order valence-electron chi connectivity index (χ1n) is 29.3. The maximum absolute atomic E-state index is 2.61. The molecule has 13 aromatic carbocycles. The molecule has 6 nitrogen and oxygen atoms in total. The molecule has 2 aliphatic heterocycles. The third-order valence-electron chi connectivity index (χ3n) is 17.9. The second kappa shape index (κ2) is 18.6. The van der Waals surface area contributed by atoms with Crippen molar-refractivity contribution in [1.29, 1.82) is 0 Å². The zero-order valence-electron chi connectivity index (χ0n) is 46.2. The van der Waals surface area contributed by atoms with Crippen LogP contribution < -0.4 is 31.1 Å². The lowest BCUT2D eigenvalue weighted by Gasteiger charge is -2.45. The average molecular weight is 1080 g/mol. The van der Waals surface area contributed by atoms with Crippen molar-refractivity contribution in [2.24, 2.45) is 0 Å². The molecular weight excluding hydrogens is 1030 g/mol. The van der Waals surface area contributed by atoms with Crippen LogP contribution in [0.2, 0.25) is 0 Å². The van der Waals surface area contributed by atoms with Gasteiger partial charge in [0.15, 0.2) is 0 Å². The molecule has 16 aromatic rings. The summed E-state index contributed by atoms with van der Waals surface area (Å²) in [6.07, 6.45) is 0. The van der Waals surface area contributed by atoms with Crippen LogP contribution in [-0.2, 0) is 0 Å². The molecule has 2 aliphatic rings. The third kappa shape index (κ3) is 6.89. The van der Waals surface area contributed by atoms with E-state index in [9.17, 15) is 0 Å². The Labute approximate surface area is 491 Å². The van der Waals surface area contributed by atoms with Gasteiger partial charge in [-0.15, -0.1) is 0 Å². The molecule has 85 heavy (non-hydrogen) atoms. The van der Waals surface area contributed by atoms with Gasteiger partial charge in [-0.25, -0.2) is 0 Å². The third-order valence-corrected chi connectivity index (χ3v) is 17.9. The molecule has 0 saturated carbocycles. The van der Waals surface area contributed by atoms with Crippen LogP contribution in [0.4, 0.5) is 51.2 Å². The van der Waals surface area contributed by atoms with Crippen LogP contribution in [0.3, 0.4) is 0 Å². The number of fused-ring (bicyclic) bond motifs is 15. The van der Waals surface area contributed by atoms with E-state index in [1.807, 2.05) is 0 Å². The SMILES string of the molecule is c1ccc(N(c2cc3c4c(c2)N(c2ccccc2)c2c(ccc5c2c2ccccc2n5-c2ccccc2)B4c2ccc4c(c2N3c2ccccc2)c2ccccc2n4-c2ccccc2)c2cccc3c2c2ccccc2n3-c2ccccc2)cc1. The highest BCUT2D eigenvalue weighted by Gasteiger charge is 2.46. The number of hydrogen-bond donors (Lipinski definition) is 0. The predicted molar refractivity (Wildman–Crippen MR) is 358 cm³/mol. The summed E-state index contributed by atoms with van der Waals surface area (Å²) in [5.41, 5.74) is 24.0. The summed E-state index contributed by atoms with van der Waals surface area (Å²) in [6, 6.07) is 114. The standard InChI is InChI=1S/C78H51BN6/c1-7-26-52(27-8-1)80(67-44-25-45-68-73(67)59-38-19-22-41-64(59)81(68)53-28-9-2-10-29-53)58-50-71-76-72(51-58)85(57-36-17-6-18-37-57)78-63(47-49-70-75(78)61-40-21-24-43-66(61)83(70)55-32-13-4-14-33-55)79(76)62-46-48-69-74(77(62)84(71)56-34-15-5-16-35-56)60-39-20-23-42-65(60)82(69)54-30-11-3-12-31-54/h1-51H. The van der Waals surface area contributed by atoms with Crippen LogP contribution in [0.5, 0.6) is 0 Å². The Hall–Kier alpha value is -11.3. The van der Waals surface area contributed by atoms with Gasteiger partial charge in [0.2, 0.25) is 0 Å². The Balaban J connectivity index is 1.03. The van der Waals surface area contributed by atoms with Crippen LogP contribution in [-0.4, -0.2) is 20.4 Å². The van der Waals surface area contributed by atoms with Gasteiger partial charge >= 0.3 is 0 Å². The molecule has 0 N–H and O–H groups in total. The molecule has 0 saturated heterocycles. The molecule has 18 rings (SSSR count). The fourth-order valence-electron chi connectivity index (χ4n) is 14.6. The second-order valence-corrected chi connectivity index (χ2v) is 22.4. The fraction of sp³-hybridized carbons (Fsp3) is 0. The molecule has 7 heteroatoms. The lowest BCUT2D eigenvalue weighted by Crippen LogP contribution is -2.61. The van der Waals surface area contributed by atoms with Gasteiger partial charge in [-0.05, 0) is 144 Å². The van der Waals surface area contributed by atoms with Crippen molar-refractivity contribution in [2.75, 3.05) is 14.7 Å². The Morgan fingerprint density at radius 2 is 0.600 bits per heavy atom. The quantitative estimate of drug-likeness (QED) is 0.142. The largest absolute Gasteiger partial charge is 0.311 e. The van der Waals surface area contributed by atoms with Gasteiger partial charge in [0.1, 0.15) is 0 Å². The highest BCUT2D eigenvalue weighted by atomic mass is 15.2. The van der Waals surface area contributed by atoms with E-state index in [0.717, 1.165) is 90.0 Å². The number of hydrogen-bond acceptors (Lipinski definition) is 3. The van der Waals surface area contributed by atoms with Crippen molar-refractivity contribution >= 4 is 140 Å². The first-order valence-corrected chi connectivity index (χ1v) is 29.3. The molecule has 0 unspecified atom stereocenters. The van der Waals surface area contributed by atoms with E-state index in [1.54, 1.807) is 0 Å². The van der Waals surface area contributed by atoms with Gasteiger partial charge in [-0.3, -0.25) is 0 Å². The molecule has 0 atom stereocenters. The van der Waals surface area contributed by atoms with Crippen molar-refractivity contribution in [2.45, 2.75) is 0 Å². The van der Waals surface area contributed by atoms with Crippen LogP contribution in [0, 0.1) is 0 Å². The summed E-state index contributed by atoms with van der Waals surface area (Å²) < 4.78 is 7.35. The number of para-hydroxylation sites is 9. The number of nitrogens with zero attached hydrogens (tertiary/aromatic N) is 6. The molecule has 0 radical (unpaired) electrons. The van der Waals surface area contributed by atoms with E-state index in [4.69, 9.17) is 0 Å². The molecule has 0 fully saturated rings. The van der Waals surface area contributed by atoms with Crippen molar-refractivity contribution < 1.29 is 0 Å². The minimum absolute atomic E-state index is 0.187.